The Kier molecular flexibility index (Phi) is 10.4. The van der Waals surface area contributed by atoms with Crippen molar-refractivity contribution in [3.63, 3.8) is 0 Å². The summed E-state index contributed by atoms with van der Waals surface area (Å²) in [5.41, 5.74) is 1.20. The Morgan fingerprint density at radius 1 is 1.22 bits per heavy atom. The Balaban J connectivity index is 0.000000387. The molecule has 0 fully saturated rings. The first-order valence-electron chi connectivity index (χ1n) is 8.01. The van der Waals surface area contributed by atoms with E-state index in [0.29, 0.717) is 23.9 Å². The lowest BCUT2D eigenvalue weighted by molar-refractivity contribution is -0.134. The average Bonchev–Trinajstić information content (AvgIpc) is 3.17. The van der Waals surface area contributed by atoms with Crippen molar-refractivity contribution in [3.05, 3.63) is 59.6 Å². The predicted molar refractivity (Wildman–Crippen MR) is 101 cm³/mol. The van der Waals surface area contributed by atoms with Gasteiger partial charge in [-0.3, -0.25) is 0 Å². The highest BCUT2D eigenvalue weighted by molar-refractivity contribution is 7.11. The molecule has 8 nitrogen and oxygen atoms in total. The summed E-state index contributed by atoms with van der Waals surface area (Å²) < 4.78 is 5.36. The maximum atomic E-state index is 9.83. The second-order valence-electron chi connectivity index (χ2n) is 5.31. The Morgan fingerprint density at radius 2 is 1.85 bits per heavy atom. The normalized spacial score (nSPS) is 12.7. The van der Waals surface area contributed by atoms with Crippen molar-refractivity contribution in [2.75, 3.05) is 13.2 Å². The number of rotatable bonds is 9. The maximum Gasteiger partial charge on any atom is 0.328 e. The van der Waals surface area contributed by atoms with Crippen LogP contribution in [-0.2, 0) is 9.59 Å². The monoisotopic (exact) mass is 394 g/mol. The van der Waals surface area contributed by atoms with Crippen LogP contribution in [0.4, 0.5) is 0 Å². The summed E-state index contributed by atoms with van der Waals surface area (Å²) in [4.78, 5) is 23.1. The van der Waals surface area contributed by atoms with Gasteiger partial charge in [-0.1, -0.05) is 41.7 Å². The lowest BCUT2D eigenvalue weighted by Crippen LogP contribution is -2.33. The topological polar surface area (TPSA) is 129 Å². The van der Waals surface area contributed by atoms with E-state index in [1.807, 2.05) is 23.6 Å². The Morgan fingerprint density at radius 3 is 2.37 bits per heavy atom. The van der Waals surface area contributed by atoms with Crippen molar-refractivity contribution in [2.45, 2.75) is 19.1 Å². The van der Waals surface area contributed by atoms with Gasteiger partial charge in [0.2, 0.25) is 0 Å². The summed E-state index contributed by atoms with van der Waals surface area (Å²) in [5.74, 6) is -2.51. The van der Waals surface area contributed by atoms with Crippen LogP contribution in [-0.4, -0.2) is 51.5 Å². The first kappa shape index (κ1) is 22.3. The van der Waals surface area contributed by atoms with Gasteiger partial charge in [0.1, 0.15) is 12.7 Å². The van der Waals surface area contributed by atoms with Crippen molar-refractivity contribution in [2.24, 2.45) is 0 Å². The SMILES string of the molecule is CC(NCC(O)COc1nccs1)c1ccccc1.O=C(O)/C=C\C(=O)O. The molecule has 1 aromatic carbocycles. The highest BCUT2D eigenvalue weighted by atomic mass is 32.1. The number of ether oxygens (including phenoxy) is 1. The van der Waals surface area contributed by atoms with Gasteiger partial charge in [-0.25, -0.2) is 14.6 Å². The lowest BCUT2D eigenvalue weighted by atomic mass is 10.1. The van der Waals surface area contributed by atoms with Crippen LogP contribution in [0.1, 0.15) is 18.5 Å². The molecule has 27 heavy (non-hydrogen) atoms. The maximum absolute atomic E-state index is 9.83. The second-order valence-corrected chi connectivity index (χ2v) is 6.17. The molecule has 2 rings (SSSR count). The van der Waals surface area contributed by atoms with Crippen LogP contribution in [0.5, 0.6) is 5.19 Å². The van der Waals surface area contributed by atoms with E-state index in [2.05, 4.69) is 29.4 Å². The number of nitrogens with zero attached hydrogens (tertiary/aromatic N) is 1. The van der Waals surface area contributed by atoms with Crippen LogP contribution in [0.2, 0.25) is 0 Å². The van der Waals surface area contributed by atoms with Crippen molar-refractivity contribution in [1.82, 2.24) is 10.3 Å². The number of carbonyl (C=O) groups is 2. The van der Waals surface area contributed by atoms with Crippen LogP contribution in [0.3, 0.4) is 0 Å². The van der Waals surface area contributed by atoms with Crippen molar-refractivity contribution < 1.29 is 29.6 Å². The molecule has 0 aliphatic carbocycles. The zero-order chi connectivity index (χ0) is 20.1. The standard InChI is InChI=1S/C14H18N2O2S.C4H4O4/c1-11(12-5-3-2-4-6-12)16-9-13(17)10-18-14-15-7-8-19-14;5-3(6)1-2-4(7)8/h2-8,11,13,16-17H,9-10H2,1H3;1-2H,(H,5,6)(H,7,8)/b;2-1-. The van der Waals surface area contributed by atoms with E-state index in [-0.39, 0.29) is 12.6 Å². The van der Waals surface area contributed by atoms with Crippen molar-refractivity contribution >= 4 is 23.3 Å². The molecule has 1 aromatic heterocycles. The van der Waals surface area contributed by atoms with E-state index in [1.165, 1.54) is 16.9 Å². The van der Waals surface area contributed by atoms with E-state index < -0.39 is 18.0 Å². The molecule has 0 bridgehead atoms. The van der Waals surface area contributed by atoms with Crippen LogP contribution >= 0.6 is 11.3 Å². The van der Waals surface area contributed by atoms with E-state index in [1.54, 1.807) is 6.20 Å². The fourth-order valence-electron chi connectivity index (χ4n) is 1.82. The van der Waals surface area contributed by atoms with Crippen molar-refractivity contribution in [1.29, 1.82) is 0 Å². The fourth-order valence-corrected chi connectivity index (χ4v) is 2.32. The van der Waals surface area contributed by atoms with Crippen LogP contribution in [0.15, 0.2) is 54.1 Å². The minimum atomic E-state index is -1.26. The first-order valence-corrected chi connectivity index (χ1v) is 8.89. The number of aliphatic carboxylic acids is 2. The smallest absolute Gasteiger partial charge is 0.328 e. The molecule has 0 saturated heterocycles. The summed E-state index contributed by atoms with van der Waals surface area (Å²) in [6, 6.07) is 10.3. The Hall–Kier alpha value is -2.75. The third-order valence-electron chi connectivity index (χ3n) is 3.14. The van der Waals surface area contributed by atoms with Gasteiger partial charge < -0.3 is 25.4 Å². The largest absolute Gasteiger partial charge is 0.478 e. The number of hydrogen-bond acceptors (Lipinski definition) is 7. The number of aromatic nitrogens is 1. The van der Waals surface area contributed by atoms with Gasteiger partial charge in [-0.15, -0.1) is 0 Å². The molecule has 2 unspecified atom stereocenters. The molecule has 0 radical (unpaired) electrons. The number of aliphatic hydroxyl groups is 1. The molecule has 0 saturated carbocycles. The van der Waals surface area contributed by atoms with Gasteiger partial charge in [-0.2, -0.15) is 0 Å². The Bertz CT molecular complexity index is 690. The number of aliphatic hydroxyl groups excluding tert-OH is 1. The van der Waals surface area contributed by atoms with Gasteiger partial charge in [0.05, 0.1) is 0 Å². The number of carboxylic acids is 2. The quantitative estimate of drug-likeness (QED) is 0.475. The minimum Gasteiger partial charge on any atom is -0.478 e. The van der Waals surface area contributed by atoms with Gasteiger partial charge in [0.25, 0.3) is 5.19 Å². The molecular weight excluding hydrogens is 372 g/mol. The number of benzene rings is 1. The molecule has 0 aliphatic rings. The molecule has 2 aromatic rings. The molecular formula is C18H22N2O6S. The highest BCUT2D eigenvalue weighted by Crippen LogP contribution is 2.14. The van der Waals surface area contributed by atoms with E-state index in [4.69, 9.17) is 14.9 Å². The molecule has 9 heteroatoms. The number of nitrogens with one attached hydrogen (secondary N) is 1. The Labute approximate surface area is 160 Å². The summed E-state index contributed by atoms with van der Waals surface area (Å²) in [6.45, 7) is 2.81. The summed E-state index contributed by atoms with van der Waals surface area (Å²) >= 11 is 1.42. The minimum absolute atomic E-state index is 0.204. The molecule has 4 N–H and O–H groups in total. The third-order valence-corrected chi connectivity index (χ3v) is 3.82. The average molecular weight is 394 g/mol. The van der Waals surface area contributed by atoms with Gasteiger partial charge in [0, 0.05) is 36.3 Å². The molecule has 0 aliphatic heterocycles. The van der Waals surface area contributed by atoms with Gasteiger partial charge >= 0.3 is 11.9 Å². The first-order chi connectivity index (χ1) is 12.9. The summed E-state index contributed by atoms with van der Waals surface area (Å²) in [5, 5.41) is 31.2. The second kappa shape index (κ2) is 12.6. The van der Waals surface area contributed by atoms with Gasteiger partial charge in [0.15, 0.2) is 0 Å². The van der Waals surface area contributed by atoms with E-state index >= 15 is 0 Å². The van der Waals surface area contributed by atoms with E-state index in [9.17, 15) is 14.7 Å². The highest BCUT2D eigenvalue weighted by Gasteiger charge is 2.09. The molecule has 0 amide bonds. The molecule has 146 valence electrons. The third kappa shape index (κ3) is 10.8. The lowest BCUT2D eigenvalue weighted by Gasteiger charge is -2.17. The van der Waals surface area contributed by atoms with Crippen molar-refractivity contribution in [3.8, 4) is 5.19 Å². The summed E-state index contributed by atoms with van der Waals surface area (Å²) in [6.07, 6.45) is 2.25. The molecule has 1 heterocycles. The zero-order valence-electron chi connectivity index (χ0n) is 14.7. The summed E-state index contributed by atoms with van der Waals surface area (Å²) in [7, 11) is 0. The number of hydrogen-bond donors (Lipinski definition) is 4. The zero-order valence-corrected chi connectivity index (χ0v) is 15.5. The predicted octanol–water partition coefficient (Wildman–Crippen LogP) is 1.95. The molecule has 2 atom stereocenters. The molecule has 0 spiro atoms. The van der Waals surface area contributed by atoms with Crippen LogP contribution in [0, 0.1) is 0 Å². The number of thiazole rings is 1. The van der Waals surface area contributed by atoms with E-state index in [0.717, 1.165) is 0 Å². The van der Waals surface area contributed by atoms with Gasteiger partial charge in [-0.05, 0) is 12.5 Å². The fraction of sp³-hybridized carbons (Fsp3) is 0.278. The van der Waals surface area contributed by atoms with Crippen LogP contribution in [0.25, 0.3) is 0 Å². The van der Waals surface area contributed by atoms with Crippen LogP contribution < -0.4 is 10.1 Å². The number of carboxylic acid groups (broad SMARTS) is 2.